The summed E-state index contributed by atoms with van der Waals surface area (Å²) in [7, 11) is 0. The fourth-order valence-electron chi connectivity index (χ4n) is 2.08. The summed E-state index contributed by atoms with van der Waals surface area (Å²) in [6, 6.07) is 8.13. The number of benzene rings is 1. The van der Waals surface area contributed by atoms with Crippen LogP contribution < -0.4 is 5.73 Å². The summed E-state index contributed by atoms with van der Waals surface area (Å²) in [6.07, 6.45) is 6.81. The quantitative estimate of drug-likeness (QED) is 0.779. The number of nitrogens with two attached hydrogens (primary N) is 1. The van der Waals surface area contributed by atoms with Crippen molar-refractivity contribution in [3.8, 4) is 0 Å². The lowest BCUT2D eigenvalue weighted by Gasteiger charge is -2.13. The van der Waals surface area contributed by atoms with Crippen molar-refractivity contribution in [2.75, 3.05) is 0 Å². The molecule has 1 unspecified atom stereocenters. The summed E-state index contributed by atoms with van der Waals surface area (Å²) in [5.41, 5.74) is 8.79. The largest absolute Gasteiger partial charge is 0.324 e. The Bertz CT molecular complexity index is 371. The first-order valence-electron chi connectivity index (χ1n) is 5.44. The summed E-state index contributed by atoms with van der Waals surface area (Å²) in [5.74, 6) is 0. The van der Waals surface area contributed by atoms with Crippen molar-refractivity contribution < 1.29 is 0 Å². The van der Waals surface area contributed by atoms with E-state index in [-0.39, 0.29) is 6.04 Å². The van der Waals surface area contributed by atoms with Crippen molar-refractivity contribution in [2.45, 2.75) is 31.7 Å². The molecule has 1 aliphatic carbocycles. The van der Waals surface area contributed by atoms with Gasteiger partial charge in [-0.05, 0) is 43.4 Å². The molecule has 80 valence electrons. The Morgan fingerprint density at radius 3 is 2.93 bits per heavy atom. The zero-order valence-corrected chi connectivity index (χ0v) is 9.50. The van der Waals surface area contributed by atoms with Crippen LogP contribution >= 0.6 is 11.6 Å². The molecule has 0 aromatic heterocycles. The van der Waals surface area contributed by atoms with E-state index < -0.39 is 0 Å². The molecular weight excluding hydrogens is 206 g/mol. The molecule has 0 heterocycles. The third kappa shape index (κ3) is 2.83. The number of rotatable bonds is 3. The van der Waals surface area contributed by atoms with Gasteiger partial charge in [0.05, 0.1) is 0 Å². The molecule has 0 aliphatic heterocycles. The summed E-state index contributed by atoms with van der Waals surface area (Å²) in [6.45, 7) is 0. The molecule has 0 saturated heterocycles. The second-order valence-electron chi connectivity index (χ2n) is 4.11. The van der Waals surface area contributed by atoms with E-state index in [1.54, 1.807) is 0 Å². The minimum absolute atomic E-state index is 0.172. The number of halogens is 1. The highest BCUT2D eigenvalue weighted by Crippen LogP contribution is 2.22. The summed E-state index contributed by atoms with van der Waals surface area (Å²) >= 11 is 5.93. The maximum atomic E-state index is 6.15. The van der Waals surface area contributed by atoms with Crippen molar-refractivity contribution in [1.82, 2.24) is 0 Å². The van der Waals surface area contributed by atoms with E-state index in [1.165, 1.54) is 30.4 Å². The molecule has 0 spiro atoms. The van der Waals surface area contributed by atoms with Crippen LogP contribution in [0, 0.1) is 0 Å². The second-order valence-corrected chi connectivity index (χ2v) is 4.55. The first-order valence-corrected chi connectivity index (χ1v) is 5.82. The highest BCUT2D eigenvalue weighted by molar-refractivity contribution is 6.30. The van der Waals surface area contributed by atoms with E-state index >= 15 is 0 Å². The van der Waals surface area contributed by atoms with Gasteiger partial charge in [0.25, 0.3) is 0 Å². The number of hydrogen-bond donors (Lipinski definition) is 1. The molecule has 1 nitrogen and oxygen atoms in total. The molecule has 0 radical (unpaired) electrons. The molecule has 0 fully saturated rings. The topological polar surface area (TPSA) is 26.0 Å². The van der Waals surface area contributed by atoms with Crippen LogP contribution in [0.15, 0.2) is 35.9 Å². The van der Waals surface area contributed by atoms with Gasteiger partial charge in [-0.3, -0.25) is 0 Å². The summed E-state index contributed by atoms with van der Waals surface area (Å²) in [5, 5.41) is 0.792. The second kappa shape index (κ2) is 4.82. The fourth-order valence-corrected chi connectivity index (χ4v) is 2.29. The maximum Gasteiger partial charge on any atom is 0.0408 e. The van der Waals surface area contributed by atoms with Crippen molar-refractivity contribution >= 4 is 11.6 Å². The van der Waals surface area contributed by atoms with Crippen LogP contribution in [-0.4, -0.2) is 6.04 Å². The van der Waals surface area contributed by atoms with Gasteiger partial charge in [-0.2, -0.15) is 0 Å². The normalized spacial score (nSPS) is 17.6. The number of hydrogen-bond acceptors (Lipinski definition) is 1. The molecule has 2 N–H and O–H groups in total. The lowest BCUT2D eigenvalue weighted by molar-refractivity contribution is 0.729. The smallest absolute Gasteiger partial charge is 0.0408 e. The standard InChI is InChI=1S/C13H16ClN/c14-12-7-3-4-10(8-12)9-13(15)11-5-1-2-6-11/h3-5,7-8,13H,1-2,6,9,15H2. The molecule has 0 amide bonds. The van der Waals surface area contributed by atoms with Crippen molar-refractivity contribution in [2.24, 2.45) is 5.73 Å². The van der Waals surface area contributed by atoms with Gasteiger partial charge >= 0.3 is 0 Å². The lowest BCUT2D eigenvalue weighted by atomic mass is 9.99. The van der Waals surface area contributed by atoms with Crippen molar-refractivity contribution in [3.63, 3.8) is 0 Å². The minimum atomic E-state index is 0.172. The zero-order chi connectivity index (χ0) is 10.7. The van der Waals surface area contributed by atoms with E-state index in [2.05, 4.69) is 12.1 Å². The van der Waals surface area contributed by atoms with Crippen molar-refractivity contribution in [1.29, 1.82) is 0 Å². The highest BCUT2D eigenvalue weighted by atomic mass is 35.5. The van der Waals surface area contributed by atoms with E-state index in [9.17, 15) is 0 Å². The molecule has 2 rings (SSSR count). The van der Waals surface area contributed by atoms with Crippen LogP contribution in [0.4, 0.5) is 0 Å². The van der Waals surface area contributed by atoms with E-state index in [0.29, 0.717) is 0 Å². The molecule has 1 atom stereocenters. The van der Waals surface area contributed by atoms with Gasteiger partial charge in [0, 0.05) is 11.1 Å². The SMILES string of the molecule is NC(Cc1cccc(Cl)c1)C1=CCCC1. The van der Waals surface area contributed by atoms with E-state index in [4.69, 9.17) is 17.3 Å². The Balaban J connectivity index is 2.02. The van der Waals surface area contributed by atoms with Gasteiger partial charge in [0.15, 0.2) is 0 Å². The lowest BCUT2D eigenvalue weighted by Crippen LogP contribution is -2.24. The molecule has 15 heavy (non-hydrogen) atoms. The van der Waals surface area contributed by atoms with Crippen LogP contribution in [0.5, 0.6) is 0 Å². The van der Waals surface area contributed by atoms with Gasteiger partial charge in [-0.15, -0.1) is 0 Å². The van der Waals surface area contributed by atoms with Gasteiger partial charge in [-0.1, -0.05) is 35.4 Å². The molecule has 1 aromatic rings. The molecule has 0 saturated carbocycles. The Morgan fingerprint density at radius 2 is 2.27 bits per heavy atom. The van der Waals surface area contributed by atoms with Crippen LogP contribution in [0.1, 0.15) is 24.8 Å². The average molecular weight is 222 g/mol. The van der Waals surface area contributed by atoms with E-state index in [0.717, 1.165) is 11.4 Å². The highest BCUT2D eigenvalue weighted by Gasteiger charge is 2.13. The van der Waals surface area contributed by atoms with Gasteiger partial charge < -0.3 is 5.73 Å². The predicted molar refractivity (Wildman–Crippen MR) is 65.1 cm³/mol. The van der Waals surface area contributed by atoms with E-state index in [1.807, 2.05) is 18.2 Å². The molecule has 1 aromatic carbocycles. The van der Waals surface area contributed by atoms with Gasteiger partial charge in [0.1, 0.15) is 0 Å². The van der Waals surface area contributed by atoms with Crippen molar-refractivity contribution in [3.05, 3.63) is 46.5 Å². The predicted octanol–water partition coefficient (Wildman–Crippen LogP) is 3.32. The molecule has 0 bridgehead atoms. The minimum Gasteiger partial charge on any atom is -0.324 e. The summed E-state index contributed by atoms with van der Waals surface area (Å²) in [4.78, 5) is 0. The molecule has 1 aliphatic rings. The molecular formula is C13H16ClN. The first kappa shape index (κ1) is 10.7. The van der Waals surface area contributed by atoms with Crippen LogP contribution in [-0.2, 0) is 6.42 Å². The van der Waals surface area contributed by atoms with Crippen LogP contribution in [0.25, 0.3) is 0 Å². The Kier molecular flexibility index (Phi) is 3.45. The zero-order valence-electron chi connectivity index (χ0n) is 8.75. The molecule has 2 heteroatoms. The maximum absolute atomic E-state index is 6.15. The van der Waals surface area contributed by atoms with Gasteiger partial charge in [0.2, 0.25) is 0 Å². The summed E-state index contributed by atoms with van der Waals surface area (Å²) < 4.78 is 0. The van der Waals surface area contributed by atoms with Crippen LogP contribution in [0.2, 0.25) is 5.02 Å². The Morgan fingerprint density at radius 1 is 1.40 bits per heavy atom. The Labute approximate surface area is 95.9 Å². The number of allylic oxidation sites excluding steroid dienone is 1. The monoisotopic (exact) mass is 221 g/mol. The first-order chi connectivity index (χ1) is 7.25. The fraction of sp³-hybridized carbons (Fsp3) is 0.385. The Hall–Kier alpha value is -0.790. The third-order valence-electron chi connectivity index (χ3n) is 2.90. The van der Waals surface area contributed by atoms with Gasteiger partial charge in [-0.25, -0.2) is 0 Å². The third-order valence-corrected chi connectivity index (χ3v) is 3.13. The van der Waals surface area contributed by atoms with Crippen LogP contribution in [0.3, 0.4) is 0 Å². The average Bonchev–Trinajstić information content (AvgIpc) is 2.70.